The third-order valence-electron chi connectivity index (χ3n) is 3.01. The molecule has 1 fully saturated rings. The molecule has 1 aliphatic rings. The second kappa shape index (κ2) is 5.49. The van der Waals surface area contributed by atoms with Crippen molar-refractivity contribution in [3.63, 3.8) is 0 Å². The van der Waals surface area contributed by atoms with Crippen molar-refractivity contribution >= 4 is 27.6 Å². The summed E-state index contributed by atoms with van der Waals surface area (Å²) in [5.41, 5.74) is 0. The van der Waals surface area contributed by atoms with Crippen LogP contribution < -0.4 is 0 Å². The number of sulfone groups is 1. The number of ether oxygens (including phenoxy) is 1. The SMILES string of the molecule is COC(=O)CSc1nnc(C2CCS(=O)(=O)C2)n1C. The second-order valence-electron chi connectivity index (χ2n) is 4.36. The highest BCUT2D eigenvalue weighted by Crippen LogP contribution is 2.29. The van der Waals surface area contributed by atoms with E-state index >= 15 is 0 Å². The minimum absolute atomic E-state index is 0.102. The number of hydrogen-bond acceptors (Lipinski definition) is 7. The number of thioether (sulfide) groups is 1. The fourth-order valence-corrected chi connectivity index (χ4v) is 4.48. The molecule has 7 nitrogen and oxygen atoms in total. The van der Waals surface area contributed by atoms with Gasteiger partial charge in [0, 0.05) is 13.0 Å². The maximum atomic E-state index is 11.5. The summed E-state index contributed by atoms with van der Waals surface area (Å²) in [6, 6.07) is 0. The lowest BCUT2D eigenvalue weighted by Gasteiger charge is -2.07. The summed E-state index contributed by atoms with van der Waals surface area (Å²) >= 11 is 1.22. The fraction of sp³-hybridized carbons (Fsp3) is 0.700. The van der Waals surface area contributed by atoms with Gasteiger partial charge in [-0.15, -0.1) is 10.2 Å². The molecule has 0 aromatic carbocycles. The first kappa shape index (κ1) is 14.3. The Bertz CT molecular complexity index is 582. The summed E-state index contributed by atoms with van der Waals surface area (Å²) in [7, 11) is 0.163. The highest BCUT2D eigenvalue weighted by atomic mass is 32.2. The van der Waals surface area contributed by atoms with E-state index in [-0.39, 0.29) is 29.1 Å². The van der Waals surface area contributed by atoms with Gasteiger partial charge in [-0.2, -0.15) is 0 Å². The van der Waals surface area contributed by atoms with E-state index < -0.39 is 9.84 Å². The van der Waals surface area contributed by atoms with Crippen LogP contribution in [0.3, 0.4) is 0 Å². The summed E-state index contributed by atoms with van der Waals surface area (Å²) in [5, 5.41) is 8.62. The van der Waals surface area contributed by atoms with Crippen molar-refractivity contribution < 1.29 is 17.9 Å². The molecule has 1 saturated heterocycles. The van der Waals surface area contributed by atoms with Crippen molar-refractivity contribution in [1.29, 1.82) is 0 Å². The van der Waals surface area contributed by atoms with Gasteiger partial charge < -0.3 is 9.30 Å². The molecular formula is C10H15N3O4S2. The van der Waals surface area contributed by atoms with Crippen LogP contribution in [-0.4, -0.2) is 53.5 Å². The van der Waals surface area contributed by atoms with Crippen LogP contribution in [0.1, 0.15) is 18.2 Å². The van der Waals surface area contributed by atoms with Gasteiger partial charge in [0.05, 0.1) is 24.4 Å². The van der Waals surface area contributed by atoms with E-state index in [4.69, 9.17) is 0 Å². The van der Waals surface area contributed by atoms with Crippen LogP contribution in [0, 0.1) is 0 Å². The van der Waals surface area contributed by atoms with Gasteiger partial charge in [-0.1, -0.05) is 11.8 Å². The predicted molar refractivity (Wildman–Crippen MR) is 69.8 cm³/mol. The second-order valence-corrected chi connectivity index (χ2v) is 7.54. The average Bonchev–Trinajstić information content (AvgIpc) is 2.89. The van der Waals surface area contributed by atoms with Crippen LogP contribution in [0.5, 0.6) is 0 Å². The first-order valence-corrected chi connectivity index (χ1v) is 8.53. The van der Waals surface area contributed by atoms with Crippen molar-refractivity contribution in [2.24, 2.45) is 7.05 Å². The Hall–Kier alpha value is -1.09. The van der Waals surface area contributed by atoms with Crippen LogP contribution in [0.25, 0.3) is 0 Å². The van der Waals surface area contributed by atoms with Gasteiger partial charge in [0.1, 0.15) is 5.82 Å². The van der Waals surface area contributed by atoms with Gasteiger partial charge in [-0.05, 0) is 6.42 Å². The van der Waals surface area contributed by atoms with E-state index in [0.717, 1.165) is 0 Å². The Morgan fingerprint density at radius 1 is 1.53 bits per heavy atom. The van der Waals surface area contributed by atoms with Crippen LogP contribution in [0.4, 0.5) is 0 Å². The lowest BCUT2D eigenvalue weighted by Crippen LogP contribution is -2.09. The summed E-state index contributed by atoms with van der Waals surface area (Å²) in [4.78, 5) is 11.1. The Morgan fingerprint density at radius 2 is 2.26 bits per heavy atom. The zero-order valence-electron chi connectivity index (χ0n) is 10.7. The zero-order chi connectivity index (χ0) is 14.0. The lowest BCUT2D eigenvalue weighted by molar-refractivity contribution is -0.137. The van der Waals surface area contributed by atoms with E-state index in [0.29, 0.717) is 17.4 Å². The number of esters is 1. The van der Waals surface area contributed by atoms with E-state index in [1.54, 1.807) is 11.6 Å². The van der Waals surface area contributed by atoms with Gasteiger partial charge in [-0.25, -0.2) is 8.42 Å². The molecule has 9 heteroatoms. The van der Waals surface area contributed by atoms with E-state index in [9.17, 15) is 13.2 Å². The van der Waals surface area contributed by atoms with Gasteiger partial charge in [-0.3, -0.25) is 4.79 Å². The smallest absolute Gasteiger partial charge is 0.316 e. The topological polar surface area (TPSA) is 91.2 Å². The number of aromatic nitrogens is 3. The number of carbonyl (C=O) groups excluding carboxylic acids is 1. The molecule has 1 aliphatic heterocycles. The largest absolute Gasteiger partial charge is 0.468 e. The Balaban J connectivity index is 2.08. The lowest BCUT2D eigenvalue weighted by atomic mass is 10.1. The molecule has 0 saturated carbocycles. The van der Waals surface area contributed by atoms with Crippen molar-refractivity contribution in [2.45, 2.75) is 17.5 Å². The number of nitrogens with zero attached hydrogens (tertiary/aromatic N) is 3. The Morgan fingerprint density at radius 3 is 2.84 bits per heavy atom. The molecular weight excluding hydrogens is 290 g/mol. The van der Waals surface area contributed by atoms with Crippen LogP contribution in [0.15, 0.2) is 5.16 Å². The van der Waals surface area contributed by atoms with E-state index in [2.05, 4.69) is 14.9 Å². The third-order valence-corrected chi connectivity index (χ3v) is 5.77. The highest BCUT2D eigenvalue weighted by Gasteiger charge is 2.32. The van der Waals surface area contributed by atoms with E-state index in [1.807, 2.05) is 0 Å². The van der Waals surface area contributed by atoms with Crippen molar-refractivity contribution in [3.8, 4) is 0 Å². The molecule has 0 spiro atoms. The first-order valence-electron chi connectivity index (χ1n) is 5.72. The minimum Gasteiger partial charge on any atom is -0.468 e. The number of rotatable bonds is 4. The number of hydrogen-bond donors (Lipinski definition) is 0. The van der Waals surface area contributed by atoms with Crippen LogP contribution in [-0.2, 0) is 26.4 Å². The van der Waals surface area contributed by atoms with Gasteiger partial charge in [0.15, 0.2) is 15.0 Å². The highest BCUT2D eigenvalue weighted by molar-refractivity contribution is 7.99. The molecule has 0 radical (unpaired) electrons. The molecule has 1 unspecified atom stereocenters. The summed E-state index contributed by atoms with van der Waals surface area (Å²) in [5.74, 6) is 0.711. The Labute approximate surface area is 115 Å². The summed E-state index contributed by atoms with van der Waals surface area (Å²) in [6.45, 7) is 0. The third kappa shape index (κ3) is 3.27. The minimum atomic E-state index is -2.94. The fourth-order valence-electron chi connectivity index (χ4n) is 1.99. The van der Waals surface area contributed by atoms with E-state index in [1.165, 1.54) is 18.9 Å². The predicted octanol–water partition coefficient (Wildman–Crippen LogP) is -0.0177. The van der Waals surface area contributed by atoms with Gasteiger partial charge in [0.25, 0.3) is 0 Å². The summed E-state index contributed by atoms with van der Waals surface area (Å²) in [6.07, 6.45) is 0.579. The van der Waals surface area contributed by atoms with Crippen molar-refractivity contribution in [1.82, 2.24) is 14.8 Å². The molecule has 0 bridgehead atoms. The van der Waals surface area contributed by atoms with Gasteiger partial charge in [0.2, 0.25) is 0 Å². The van der Waals surface area contributed by atoms with Crippen molar-refractivity contribution in [3.05, 3.63) is 5.82 Å². The molecule has 0 amide bonds. The van der Waals surface area contributed by atoms with Crippen molar-refractivity contribution in [2.75, 3.05) is 24.4 Å². The molecule has 106 valence electrons. The average molecular weight is 305 g/mol. The number of carbonyl (C=O) groups is 1. The number of methoxy groups -OCH3 is 1. The van der Waals surface area contributed by atoms with Crippen LogP contribution >= 0.6 is 11.8 Å². The zero-order valence-corrected chi connectivity index (χ0v) is 12.3. The quantitative estimate of drug-likeness (QED) is 0.570. The first-order chi connectivity index (χ1) is 8.93. The molecule has 2 heterocycles. The summed E-state index contributed by atoms with van der Waals surface area (Å²) < 4.78 is 29.2. The molecule has 0 aliphatic carbocycles. The van der Waals surface area contributed by atoms with Crippen LogP contribution in [0.2, 0.25) is 0 Å². The molecule has 1 aromatic rings. The molecule has 1 aromatic heterocycles. The molecule has 2 rings (SSSR count). The standard InChI is InChI=1S/C10H15N3O4S2/c1-13-9(7-3-4-19(15,16)6-7)11-12-10(13)18-5-8(14)17-2/h7H,3-6H2,1-2H3. The molecule has 19 heavy (non-hydrogen) atoms. The maximum Gasteiger partial charge on any atom is 0.316 e. The molecule has 0 N–H and O–H groups in total. The maximum absolute atomic E-state index is 11.5. The van der Waals surface area contributed by atoms with Gasteiger partial charge >= 0.3 is 5.97 Å². The molecule has 1 atom stereocenters. The Kier molecular flexibility index (Phi) is 4.14. The monoisotopic (exact) mass is 305 g/mol. The normalized spacial score (nSPS) is 21.5.